The Balaban J connectivity index is 1.64. The highest BCUT2D eigenvalue weighted by Gasteiger charge is 2.60. The smallest absolute Gasteiger partial charge is 0.224 e. The number of amides is 1. The maximum atomic E-state index is 12.5. The molecule has 2 aliphatic carbocycles. The highest BCUT2D eigenvalue weighted by atomic mass is 32.1. The van der Waals surface area contributed by atoms with Gasteiger partial charge in [-0.15, -0.1) is 0 Å². The van der Waals surface area contributed by atoms with E-state index < -0.39 is 0 Å². The third-order valence-electron chi connectivity index (χ3n) is 4.82. The molecule has 6 heteroatoms. The van der Waals surface area contributed by atoms with Crippen LogP contribution in [0.3, 0.4) is 0 Å². The van der Waals surface area contributed by atoms with Gasteiger partial charge in [-0.3, -0.25) is 14.5 Å². The first-order valence-electron chi connectivity index (χ1n) is 7.91. The molecule has 2 aliphatic rings. The van der Waals surface area contributed by atoms with Gasteiger partial charge in [0.05, 0.1) is 12.5 Å². The van der Waals surface area contributed by atoms with Gasteiger partial charge in [0.25, 0.3) is 0 Å². The standard InChI is InChI=1S/C16H24N4OS/c1-9(2)7-11-13(16(11,3)4)14(21)17-8-12-18-19-15(22)20(12)10-5-6-10/h7,10-11,13H,5-6,8H2,1-4H3,(H,17,21)(H,19,22). The predicted octanol–water partition coefficient (Wildman–Crippen LogP) is 3.13. The third-order valence-corrected chi connectivity index (χ3v) is 5.10. The van der Waals surface area contributed by atoms with Gasteiger partial charge < -0.3 is 5.32 Å². The molecule has 0 saturated heterocycles. The summed E-state index contributed by atoms with van der Waals surface area (Å²) in [6, 6.07) is 0.467. The lowest BCUT2D eigenvalue weighted by Gasteiger charge is -2.07. The van der Waals surface area contributed by atoms with Crippen molar-refractivity contribution in [1.82, 2.24) is 20.1 Å². The Morgan fingerprint density at radius 3 is 2.77 bits per heavy atom. The summed E-state index contributed by atoms with van der Waals surface area (Å²) >= 11 is 5.26. The van der Waals surface area contributed by atoms with Gasteiger partial charge in [0.2, 0.25) is 5.91 Å². The van der Waals surface area contributed by atoms with Gasteiger partial charge in [0.1, 0.15) is 0 Å². The van der Waals surface area contributed by atoms with Gasteiger partial charge in [-0.05, 0) is 50.2 Å². The minimum absolute atomic E-state index is 0.0442. The normalized spacial score (nSPS) is 25.6. The molecule has 0 bridgehead atoms. The van der Waals surface area contributed by atoms with Crippen LogP contribution in [0.15, 0.2) is 11.6 Å². The van der Waals surface area contributed by atoms with Crippen LogP contribution in [0.25, 0.3) is 0 Å². The SMILES string of the molecule is CC(C)=CC1C(C(=O)NCc2n[nH]c(=S)n2C2CC2)C1(C)C. The molecule has 3 rings (SSSR count). The van der Waals surface area contributed by atoms with E-state index >= 15 is 0 Å². The molecule has 2 N–H and O–H groups in total. The van der Waals surface area contributed by atoms with Crippen molar-refractivity contribution in [2.24, 2.45) is 17.3 Å². The molecule has 0 aromatic carbocycles. The van der Waals surface area contributed by atoms with E-state index in [1.54, 1.807) is 0 Å². The molecule has 2 fully saturated rings. The molecular formula is C16H24N4OS. The van der Waals surface area contributed by atoms with E-state index in [1.807, 2.05) is 4.57 Å². The van der Waals surface area contributed by atoms with Gasteiger partial charge in [0.15, 0.2) is 10.6 Å². The Kier molecular flexibility index (Phi) is 3.75. The second-order valence-corrected chi connectivity index (χ2v) is 7.72. The molecule has 22 heavy (non-hydrogen) atoms. The van der Waals surface area contributed by atoms with E-state index in [-0.39, 0.29) is 17.2 Å². The minimum Gasteiger partial charge on any atom is -0.349 e. The molecule has 5 nitrogen and oxygen atoms in total. The molecule has 0 spiro atoms. The van der Waals surface area contributed by atoms with E-state index in [0.717, 1.165) is 18.7 Å². The molecule has 1 heterocycles. The molecule has 1 aromatic heterocycles. The van der Waals surface area contributed by atoms with Crippen molar-refractivity contribution in [3.05, 3.63) is 22.2 Å². The first-order chi connectivity index (χ1) is 10.3. The molecule has 2 unspecified atom stereocenters. The molecule has 0 aliphatic heterocycles. The third kappa shape index (κ3) is 2.76. The monoisotopic (exact) mass is 320 g/mol. The lowest BCUT2D eigenvalue weighted by molar-refractivity contribution is -0.123. The number of nitrogens with one attached hydrogen (secondary N) is 2. The zero-order valence-electron chi connectivity index (χ0n) is 13.6. The topological polar surface area (TPSA) is 62.7 Å². The van der Waals surface area contributed by atoms with Crippen LogP contribution in [0, 0.1) is 22.0 Å². The minimum atomic E-state index is 0.0442. The first-order valence-corrected chi connectivity index (χ1v) is 8.31. The van der Waals surface area contributed by atoms with Crippen molar-refractivity contribution in [3.8, 4) is 0 Å². The Morgan fingerprint density at radius 1 is 1.50 bits per heavy atom. The zero-order valence-corrected chi connectivity index (χ0v) is 14.5. The molecular weight excluding hydrogens is 296 g/mol. The van der Waals surface area contributed by atoms with Crippen molar-refractivity contribution in [1.29, 1.82) is 0 Å². The lowest BCUT2D eigenvalue weighted by Crippen LogP contribution is -2.27. The molecule has 1 aromatic rings. The van der Waals surface area contributed by atoms with Gasteiger partial charge in [-0.25, -0.2) is 0 Å². The summed E-state index contributed by atoms with van der Waals surface area (Å²) in [4.78, 5) is 12.5. The molecule has 2 saturated carbocycles. The van der Waals surface area contributed by atoms with Crippen molar-refractivity contribution >= 4 is 18.1 Å². The van der Waals surface area contributed by atoms with E-state index in [9.17, 15) is 4.79 Å². The van der Waals surface area contributed by atoms with E-state index in [2.05, 4.69) is 49.3 Å². The lowest BCUT2D eigenvalue weighted by atomic mass is 10.1. The Hall–Kier alpha value is -1.43. The Labute approximate surface area is 136 Å². The fourth-order valence-corrected chi connectivity index (χ4v) is 3.60. The van der Waals surface area contributed by atoms with E-state index in [4.69, 9.17) is 12.2 Å². The summed E-state index contributed by atoms with van der Waals surface area (Å²) in [5, 5.41) is 10.1. The molecule has 2 atom stereocenters. The number of hydrogen-bond donors (Lipinski definition) is 2. The summed E-state index contributed by atoms with van der Waals surface area (Å²) < 4.78 is 2.70. The number of carbonyl (C=O) groups is 1. The fourth-order valence-electron chi connectivity index (χ4n) is 3.30. The molecule has 120 valence electrons. The summed E-state index contributed by atoms with van der Waals surface area (Å²) in [6.45, 7) is 8.91. The van der Waals surface area contributed by atoms with Gasteiger partial charge in [0, 0.05) is 6.04 Å². The van der Waals surface area contributed by atoms with Crippen LogP contribution >= 0.6 is 12.2 Å². The number of aromatic nitrogens is 3. The number of nitrogens with zero attached hydrogens (tertiary/aromatic N) is 2. The van der Waals surface area contributed by atoms with Gasteiger partial charge >= 0.3 is 0 Å². The second kappa shape index (κ2) is 5.33. The van der Waals surface area contributed by atoms with Crippen molar-refractivity contribution in [2.45, 2.75) is 53.1 Å². The number of allylic oxidation sites excluding steroid dienone is 2. The average molecular weight is 320 g/mol. The maximum Gasteiger partial charge on any atom is 0.224 e. The van der Waals surface area contributed by atoms with Crippen LogP contribution in [0.5, 0.6) is 0 Å². The van der Waals surface area contributed by atoms with Crippen LogP contribution in [0.2, 0.25) is 0 Å². The van der Waals surface area contributed by atoms with Crippen LogP contribution in [-0.2, 0) is 11.3 Å². The quantitative estimate of drug-likeness (QED) is 0.647. The van der Waals surface area contributed by atoms with Crippen molar-refractivity contribution in [2.75, 3.05) is 0 Å². The fraction of sp³-hybridized carbons (Fsp3) is 0.688. The highest BCUT2D eigenvalue weighted by molar-refractivity contribution is 7.71. The Bertz CT molecular complexity index is 677. The highest BCUT2D eigenvalue weighted by Crippen LogP contribution is 2.59. The zero-order chi connectivity index (χ0) is 16.1. The Morgan fingerprint density at radius 2 is 2.18 bits per heavy atom. The van der Waals surface area contributed by atoms with Crippen LogP contribution in [0.4, 0.5) is 0 Å². The number of aromatic amines is 1. The predicted molar refractivity (Wildman–Crippen MR) is 87.7 cm³/mol. The van der Waals surface area contributed by atoms with Crippen molar-refractivity contribution < 1.29 is 4.79 Å². The molecule has 1 amide bonds. The van der Waals surface area contributed by atoms with Crippen LogP contribution < -0.4 is 5.32 Å². The number of carbonyl (C=O) groups excluding carboxylic acids is 1. The van der Waals surface area contributed by atoms with E-state index in [0.29, 0.717) is 23.3 Å². The average Bonchev–Trinajstić information content (AvgIpc) is 3.29. The summed E-state index contributed by atoms with van der Waals surface area (Å²) in [7, 11) is 0. The number of H-pyrrole nitrogens is 1. The summed E-state index contributed by atoms with van der Waals surface area (Å²) in [5.74, 6) is 1.34. The number of hydrogen-bond acceptors (Lipinski definition) is 3. The summed E-state index contributed by atoms with van der Waals surface area (Å²) in [5.41, 5.74) is 1.31. The first kappa shape index (κ1) is 15.5. The molecule has 0 radical (unpaired) electrons. The maximum absolute atomic E-state index is 12.5. The van der Waals surface area contributed by atoms with E-state index in [1.165, 1.54) is 5.57 Å². The van der Waals surface area contributed by atoms with Crippen LogP contribution in [-0.4, -0.2) is 20.7 Å². The van der Waals surface area contributed by atoms with Crippen molar-refractivity contribution in [3.63, 3.8) is 0 Å². The van der Waals surface area contributed by atoms with Gasteiger partial charge in [-0.1, -0.05) is 25.5 Å². The second-order valence-electron chi connectivity index (χ2n) is 7.33. The largest absolute Gasteiger partial charge is 0.349 e. The summed E-state index contributed by atoms with van der Waals surface area (Å²) in [6.07, 6.45) is 4.50. The van der Waals surface area contributed by atoms with Gasteiger partial charge in [-0.2, -0.15) is 5.10 Å². The number of rotatable bonds is 5. The van der Waals surface area contributed by atoms with Crippen LogP contribution in [0.1, 0.15) is 52.4 Å².